The Kier molecular flexibility index (Phi) is 6.05. The highest BCUT2D eigenvalue weighted by Crippen LogP contribution is 2.35. The van der Waals surface area contributed by atoms with Crippen molar-refractivity contribution in [2.45, 2.75) is 32.9 Å². The van der Waals surface area contributed by atoms with E-state index in [1.807, 2.05) is 0 Å². The van der Waals surface area contributed by atoms with Crippen LogP contribution in [0, 0.1) is 5.92 Å². The Labute approximate surface area is 144 Å². The Bertz CT molecular complexity index is 653. The van der Waals surface area contributed by atoms with E-state index >= 15 is 0 Å². The predicted octanol–water partition coefficient (Wildman–Crippen LogP) is 3.33. The van der Waals surface area contributed by atoms with E-state index < -0.39 is 17.8 Å². The molecule has 8 heteroatoms. The largest absolute Gasteiger partial charge is 0.442 e. The van der Waals surface area contributed by atoms with Gasteiger partial charge in [0.05, 0.1) is 5.56 Å². The number of amides is 1. The maximum atomic E-state index is 13.5. The molecular formula is C17H22F3N3O2. The normalized spacial score (nSPS) is 18.7. The molecule has 5 nitrogen and oxygen atoms in total. The molecule has 0 bridgehead atoms. The van der Waals surface area contributed by atoms with Crippen molar-refractivity contribution in [2.24, 2.45) is 11.0 Å². The van der Waals surface area contributed by atoms with Gasteiger partial charge in [-0.25, -0.2) is 10.2 Å². The summed E-state index contributed by atoms with van der Waals surface area (Å²) in [6, 6.07) is 4.21. The zero-order valence-corrected chi connectivity index (χ0v) is 12.9. The van der Waals surface area contributed by atoms with Crippen molar-refractivity contribution in [2.75, 3.05) is 19.7 Å². The third-order valence-electron chi connectivity index (χ3n) is 4.34. The van der Waals surface area contributed by atoms with Crippen molar-refractivity contribution >= 4 is 11.8 Å². The lowest BCUT2D eigenvalue weighted by Crippen LogP contribution is -2.31. The number of cyclic esters (lactones) is 1. The van der Waals surface area contributed by atoms with E-state index in [9.17, 15) is 18.0 Å². The average Bonchev–Trinajstić information content (AvgIpc) is 2.56. The molecule has 0 unspecified atom stereocenters. The summed E-state index contributed by atoms with van der Waals surface area (Å²) in [4.78, 5) is 10.9. The fourth-order valence-electron chi connectivity index (χ4n) is 3.05. The number of halogens is 3. The van der Waals surface area contributed by atoms with Crippen LogP contribution in [0.2, 0.25) is 0 Å². The number of nitrogens with zero attached hydrogens (tertiary/aromatic N) is 1. The summed E-state index contributed by atoms with van der Waals surface area (Å²) in [6.45, 7) is 1.55. The Morgan fingerprint density at radius 2 is 1.96 bits per heavy atom. The summed E-state index contributed by atoms with van der Waals surface area (Å²) in [6.07, 6.45) is -2.97. The first-order valence-electron chi connectivity index (χ1n) is 7.84. The molecule has 138 valence electrons. The molecule has 2 aliphatic heterocycles. The third-order valence-corrected chi connectivity index (χ3v) is 4.34. The van der Waals surface area contributed by atoms with Gasteiger partial charge in [0.25, 0.3) is 0 Å². The van der Waals surface area contributed by atoms with Gasteiger partial charge in [-0.1, -0.05) is 19.6 Å². The number of hydrazone groups is 1. The van der Waals surface area contributed by atoms with Gasteiger partial charge in [-0.2, -0.15) is 18.3 Å². The second-order valence-electron chi connectivity index (χ2n) is 6.01. The van der Waals surface area contributed by atoms with Crippen LogP contribution in [0.25, 0.3) is 0 Å². The van der Waals surface area contributed by atoms with Gasteiger partial charge < -0.3 is 10.1 Å². The van der Waals surface area contributed by atoms with E-state index in [1.165, 1.54) is 6.07 Å². The van der Waals surface area contributed by atoms with Gasteiger partial charge in [0.15, 0.2) is 0 Å². The van der Waals surface area contributed by atoms with Crippen molar-refractivity contribution < 1.29 is 22.7 Å². The van der Waals surface area contributed by atoms with E-state index in [2.05, 4.69) is 15.8 Å². The summed E-state index contributed by atoms with van der Waals surface area (Å²) >= 11 is 0. The number of hydrogen-bond donors (Lipinski definition) is 2. The third kappa shape index (κ3) is 4.72. The summed E-state index contributed by atoms with van der Waals surface area (Å²) in [5, 5.41) is 6.98. The molecule has 0 radical (unpaired) electrons. The smallest absolute Gasteiger partial charge is 0.428 e. The second kappa shape index (κ2) is 7.86. The van der Waals surface area contributed by atoms with E-state index in [0.29, 0.717) is 17.5 Å². The number of hydrogen-bond acceptors (Lipinski definition) is 4. The van der Waals surface area contributed by atoms with Gasteiger partial charge in [-0.3, -0.25) is 0 Å². The topological polar surface area (TPSA) is 62.7 Å². The molecule has 2 N–H and O–H groups in total. The van der Waals surface area contributed by atoms with Crippen LogP contribution < -0.4 is 10.7 Å². The average molecular weight is 357 g/mol. The Hall–Kier alpha value is -2.09. The van der Waals surface area contributed by atoms with Gasteiger partial charge in [0.1, 0.15) is 12.3 Å². The number of carbonyl (C=O) groups is 1. The van der Waals surface area contributed by atoms with E-state index in [4.69, 9.17) is 4.74 Å². The first-order valence-corrected chi connectivity index (χ1v) is 7.84. The van der Waals surface area contributed by atoms with E-state index in [-0.39, 0.29) is 25.7 Å². The Morgan fingerprint density at radius 3 is 2.56 bits per heavy atom. The van der Waals surface area contributed by atoms with Gasteiger partial charge in [0, 0.05) is 5.56 Å². The van der Waals surface area contributed by atoms with Crippen molar-refractivity contribution in [3.05, 3.63) is 34.9 Å². The maximum Gasteiger partial charge on any atom is 0.428 e. The van der Waals surface area contributed by atoms with E-state index in [1.54, 1.807) is 6.07 Å². The fourth-order valence-corrected chi connectivity index (χ4v) is 3.05. The monoisotopic (exact) mass is 357 g/mol. The van der Waals surface area contributed by atoms with Crippen LogP contribution in [0.4, 0.5) is 18.0 Å². The SMILES string of the molecule is C.O=C1NN=C(c2ccc(CC3CCNCC3)c(C(F)(F)F)c2)CO1. The van der Waals surface area contributed by atoms with Crippen LogP contribution in [0.5, 0.6) is 0 Å². The standard InChI is InChI=1S/C16H18F3N3O2.CH4/c17-16(18,19)13-8-12(14-9-24-15(23)22-21-14)2-1-11(13)7-10-3-5-20-6-4-10;/h1-2,8,10,20H,3-7,9H2,(H,22,23);1H4. The Morgan fingerprint density at radius 1 is 1.24 bits per heavy atom. The quantitative estimate of drug-likeness (QED) is 0.872. The number of rotatable bonds is 3. The zero-order chi connectivity index (χ0) is 17.2. The molecule has 2 aliphatic rings. The summed E-state index contributed by atoms with van der Waals surface area (Å²) < 4.78 is 45.1. The van der Waals surface area contributed by atoms with Gasteiger partial charge >= 0.3 is 12.3 Å². The molecule has 0 aliphatic carbocycles. The summed E-state index contributed by atoms with van der Waals surface area (Å²) in [5.74, 6) is 0.257. The van der Waals surface area contributed by atoms with Gasteiger partial charge in [-0.15, -0.1) is 0 Å². The molecule has 1 saturated heterocycles. The molecule has 3 rings (SSSR count). The molecule has 0 aromatic heterocycles. The molecule has 1 aromatic carbocycles. The van der Waals surface area contributed by atoms with Crippen LogP contribution in [-0.4, -0.2) is 31.5 Å². The van der Waals surface area contributed by atoms with Gasteiger partial charge in [-0.05, 0) is 49.9 Å². The van der Waals surface area contributed by atoms with Crippen molar-refractivity contribution in [1.82, 2.24) is 10.7 Å². The second-order valence-corrected chi connectivity index (χ2v) is 6.01. The fraction of sp³-hybridized carbons (Fsp3) is 0.529. The molecule has 1 amide bonds. The predicted molar refractivity (Wildman–Crippen MR) is 88.5 cm³/mol. The maximum absolute atomic E-state index is 13.5. The zero-order valence-electron chi connectivity index (χ0n) is 12.9. The van der Waals surface area contributed by atoms with Crippen molar-refractivity contribution in [3.63, 3.8) is 0 Å². The highest BCUT2D eigenvalue weighted by atomic mass is 19.4. The first-order chi connectivity index (χ1) is 11.4. The molecule has 1 fully saturated rings. The minimum atomic E-state index is -4.43. The van der Waals surface area contributed by atoms with Crippen molar-refractivity contribution in [3.8, 4) is 0 Å². The number of carbonyl (C=O) groups excluding carboxylic acids is 1. The minimum Gasteiger partial charge on any atom is -0.442 e. The molecule has 0 saturated carbocycles. The van der Waals surface area contributed by atoms with E-state index in [0.717, 1.165) is 32.0 Å². The number of nitrogens with one attached hydrogen (secondary N) is 2. The highest BCUT2D eigenvalue weighted by molar-refractivity contribution is 6.03. The number of benzene rings is 1. The highest BCUT2D eigenvalue weighted by Gasteiger charge is 2.34. The van der Waals surface area contributed by atoms with Crippen LogP contribution >= 0.6 is 0 Å². The summed E-state index contributed by atoms with van der Waals surface area (Å²) in [5.41, 5.74) is 2.35. The number of ether oxygens (including phenoxy) is 1. The molecule has 0 spiro atoms. The number of piperidine rings is 1. The van der Waals surface area contributed by atoms with Gasteiger partial charge in [0.2, 0.25) is 0 Å². The molecule has 1 aromatic rings. The molecule has 0 atom stereocenters. The van der Waals surface area contributed by atoms with Crippen LogP contribution in [0.15, 0.2) is 23.3 Å². The molecule has 2 heterocycles. The lowest BCUT2D eigenvalue weighted by atomic mass is 9.88. The van der Waals surface area contributed by atoms with Crippen LogP contribution in [0.1, 0.15) is 37.0 Å². The first kappa shape index (κ1) is 19.2. The molecular weight excluding hydrogens is 335 g/mol. The van der Waals surface area contributed by atoms with Crippen molar-refractivity contribution in [1.29, 1.82) is 0 Å². The lowest BCUT2D eigenvalue weighted by molar-refractivity contribution is -0.138. The Balaban J connectivity index is 0.00000225. The molecule has 25 heavy (non-hydrogen) atoms. The lowest BCUT2D eigenvalue weighted by Gasteiger charge is -2.24. The summed E-state index contributed by atoms with van der Waals surface area (Å²) in [7, 11) is 0. The minimum absolute atomic E-state index is 0. The van der Waals surface area contributed by atoms with Crippen LogP contribution in [-0.2, 0) is 17.3 Å². The van der Waals surface area contributed by atoms with Crippen LogP contribution in [0.3, 0.4) is 0 Å². The number of alkyl halides is 3.